The molecule has 0 amide bonds. The van der Waals surface area contributed by atoms with Gasteiger partial charge in [-0.05, 0) is 24.6 Å². The molecule has 0 saturated carbocycles. The normalized spacial score (nSPS) is 25.0. The van der Waals surface area contributed by atoms with Crippen LogP contribution in [-0.4, -0.2) is 50.0 Å². The SMILES string of the molecule is COC(=O)C(OC(=O)c1cccc(Cl)c1)[C@H]1C[C@H](Cl)[C@@H](OC)O1. The maximum atomic E-state index is 12.2. The molecule has 0 aliphatic carbocycles. The predicted octanol–water partition coefficient (Wildman–Crippen LogP) is 2.41. The van der Waals surface area contributed by atoms with Crippen molar-refractivity contribution >= 4 is 35.1 Å². The Kier molecular flexibility index (Phi) is 6.24. The van der Waals surface area contributed by atoms with Crippen LogP contribution in [0, 0.1) is 0 Å². The minimum atomic E-state index is -1.24. The summed E-state index contributed by atoms with van der Waals surface area (Å²) in [7, 11) is 2.64. The Labute approximate surface area is 143 Å². The average Bonchev–Trinajstić information content (AvgIpc) is 2.92. The van der Waals surface area contributed by atoms with Gasteiger partial charge in [-0.15, -0.1) is 11.6 Å². The molecule has 1 aromatic carbocycles. The van der Waals surface area contributed by atoms with Crippen LogP contribution in [0.15, 0.2) is 24.3 Å². The third kappa shape index (κ3) is 4.35. The van der Waals surface area contributed by atoms with Crippen LogP contribution in [0.4, 0.5) is 0 Å². The molecule has 4 atom stereocenters. The van der Waals surface area contributed by atoms with Crippen LogP contribution in [0.3, 0.4) is 0 Å². The lowest BCUT2D eigenvalue weighted by molar-refractivity contribution is -0.170. The lowest BCUT2D eigenvalue weighted by Crippen LogP contribution is -2.39. The maximum absolute atomic E-state index is 12.2. The molecule has 1 aromatic rings. The van der Waals surface area contributed by atoms with E-state index in [4.69, 9.17) is 37.4 Å². The van der Waals surface area contributed by atoms with Gasteiger partial charge in [0.1, 0.15) is 6.10 Å². The smallest absolute Gasteiger partial charge is 0.349 e. The lowest BCUT2D eigenvalue weighted by Gasteiger charge is -2.21. The summed E-state index contributed by atoms with van der Waals surface area (Å²) in [5.41, 5.74) is 0.218. The number of alkyl halides is 1. The van der Waals surface area contributed by atoms with Crippen LogP contribution >= 0.6 is 23.2 Å². The summed E-state index contributed by atoms with van der Waals surface area (Å²) in [6, 6.07) is 6.20. The van der Waals surface area contributed by atoms with Gasteiger partial charge in [-0.25, -0.2) is 9.59 Å². The number of ether oxygens (including phenoxy) is 4. The van der Waals surface area contributed by atoms with E-state index in [9.17, 15) is 9.59 Å². The molecule has 1 unspecified atom stereocenters. The highest BCUT2D eigenvalue weighted by Crippen LogP contribution is 2.29. The number of benzene rings is 1. The van der Waals surface area contributed by atoms with E-state index in [1.165, 1.54) is 26.4 Å². The van der Waals surface area contributed by atoms with Gasteiger partial charge < -0.3 is 18.9 Å². The Hall–Kier alpha value is -1.34. The molecule has 0 aromatic heterocycles. The first-order valence-corrected chi connectivity index (χ1v) is 7.64. The van der Waals surface area contributed by atoms with Crippen LogP contribution in [0.2, 0.25) is 5.02 Å². The van der Waals surface area contributed by atoms with E-state index in [0.717, 1.165) is 0 Å². The van der Waals surface area contributed by atoms with E-state index in [2.05, 4.69) is 4.74 Å². The second-order valence-corrected chi connectivity index (χ2v) is 5.89. The van der Waals surface area contributed by atoms with Crippen molar-refractivity contribution in [3.63, 3.8) is 0 Å². The van der Waals surface area contributed by atoms with Crippen molar-refractivity contribution in [1.82, 2.24) is 0 Å². The van der Waals surface area contributed by atoms with Gasteiger partial charge in [0.25, 0.3) is 0 Å². The summed E-state index contributed by atoms with van der Waals surface area (Å²) in [6.07, 6.45) is -2.40. The zero-order valence-corrected chi connectivity index (χ0v) is 14.0. The van der Waals surface area contributed by atoms with Gasteiger partial charge >= 0.3 is 11.9 Å². The predicted molar refractivity (Wildman–Crippen MR) is 82.6 cm³/mol. The van der Waals surface area contributed by atoms with Gasteiger partial charge in [0.15, 0.2) is 6.29 Å². The van der Waals surface area contributed by atoms with Crippen LogP contribution in [0.25, 0.3) is 0 Å². The first-order valence-electron chi connectivity index (χ1n) is 6.83. The van der Waals surface area contributed by atoms with Crippen molar-refractivity contribution in [2.45, 2.75) is 30.3 Å². The highest BCUT2D eigenvalue weighted by Gasteiger charge is 2.44. The molecule has 1 aliphatic heterocycles. The monoisotopic (exact) mass is 362 g/mol. The van der Waals surface area contributed by atoms with E-state index < -0.39 is 35.8 Å². The lowest BCUT2D eigenvalue weighted by atomic mass is 10.1. The summed E-state index contributed by atoms with van der Waals surface area (Å²) in [5.74, 6) is -1.44. The Balaban J connectivity index is 2.13. The average molecular weight is 363 g/mol. The van der Waals surface area contributed by atoms with Crippen LogP contribution in [-0.2, 0) is 23.7 Å². The van der Waals surface area contributed by atoms with Crippen LogP contribution in [0.1, 0.15) is 16.8 Å². The molecule has 0 spiro atoms. The molecule has 0 radical (unpaired) electrons. The van der Waals surface area contributed by atoms with Crippen molar-refractivity contribution in [1.29, 1.82) is 0 Å². The Morgan fingerprint density at radius 1 is 1.35 bits per heavy atom. The number of methoxy groups -OCH3 is 2. The standard InChI is InChI=1S/C15H16Cl2O6/c1-20-14(19)12(11-7-10(17)15(21-2)22-11)23-13(18)8-4-3-5-9(16)6-8/h3-6,10-12,15H,7H2,1-2H3/t10-,11+,12?,15-/m0/s1. The van der Waals surface area contributed by atoms with Crippen molar-refractivity contribution in [2.24, 2.45) is 0 Å². The highest BCUT2D eigenvalue weighted by molar-refractivity contribution is 6.30. The Bertz CT molecular complexity index is 579. The van der Waals surface area contributed by atoms with Gasteiger partial charge in [-0.3, -0.25) is 0 Å². The summed E-state index contributed by atoms with van der Waals surface area (Å²) in [6.45, 7) is 0. The maximum Gasteiger partial charge on any atom is 0.349 e. The molecule has 8 heteroatoms. The fourth-order valence-electron chi connectivity index (χ4n) is 2.24. The molecule has 1 saturated heterocycles. The van der Waals surface area contributed by atoms with E-state index >= 15 is 0 Å². The summed E-state index contributed by atoms with van der Waals surface area (Å²) < 4.78 is 20.5. The first-order chi connectivity index (χ1) is 11.0. The van der Waals surface area contributed by atoms with E-state index in [-0.39, 0.29) is 12.0 Å². The largest absolute Gasteiger partial charge is 0.466 e. The molecule has 1 fully saturated rings. The number of carbonyl (C=O) groups excluding carboxylic acids is 2. The summed E-state index contributed by atoms with van der Waals surface area (Å²) in [5, 5.41) is -0.0755. The fraction of sp³-hybridized carbons (Fsp3) is 0.467. The number of halogens is 2. The Morgan fingerprint density at radius 3 is 2.65 bits per heavy atom. The second-order valence-electron chi connectivity index (χ2n) is 4.89. The number of esters is 2. The number of carbonyl (C=O) groups is 2. The van der Waals surface area contributed by atoms with Crippen LogP contribution < -0.4 is 0 Å². The number of rotatable bonds is 5. The minimum absolute atomic E-state index is 0.218. The summed E-state index contributed by atoms with van der Waals surface area (Å²) >= 11 is 11.9. The van der Waals surface area contributed by atoms with Gasteiger partial charge in [0.05, 0.1) is 18.1 Å². The molecular weight excluding hydrogens is 347 g/mol. The molecule has 0 N–H and O–H groups in total. The van der Waals surface area contributed by atoms with Crippen molar-refractivity contribution in [3.05, 3.63) is 34.9 Å². The third-order valence-electron chi connectivity index (χ3n) is 3.36. The van der Waals surface area contributed by atoms with E-state index in [1.807, 2.05) is 0 Å². The zero-order chi connectivity index (χ0) is 17.0. The van der Waals surface area contributed by atoms with Gasteiger partial charge in [0, 0.05) is 12.1 Å². The zero-order valence-electron chi connectivity index (χ0n) is 12.5. The molecular formula is C15H16Cl2O6. The van der Waals surface area contributed by atoms with Crippen molar-refractivity contribution in [2.75, 3.05) is 14.2 Å². The molecule has 1 aliphatic rings. The quantitative estimate of drug-likeness (QED) is 0.591. The highest BCUT2D eigenvalue weighted by atomic mass is 35.5. The van der Waals surface area contributed by atoms with Crippen molar-refractivity contribution < 1.29 is 28.5 Å². The number of hydrogen-bond donors (Lipinski definition) is 0. The summed E-state index contributed by atoms with van der Waals surface area (Å²) in [4.78, 5) is 24.2. The number of hydrogen-bond acceptors (Lipinski definition) is 6. The van der Waals surface area contributed by atoms with Gasteiger partial charge in [-0.1, -0.05) is 17.7 Å². The molecule has 0 bridgehead atoms. The van der Waals surface area contributed by atoms with Crippen LogP contribution in [0.5, 0.6) is 0 Å². The van der Waals surface area contributed by atoms with Crippen molar-refractivity contribution in [3.8, 4) is 0 Å². The topological polar surface area (TPSA) is 71.1 Å². The van der Waals surface area contributed by atoms with Gasteiger partial charge in [0.2, 0.25) is 6.10 Å². The molecule has 1 heterocycles. The van der Waals surface area contributed by atoms with E-state index in [1.54, 1.807) is 12.1 Å². The molecule has 2 rings (SSSR count). The minimum Gasteiger partial charge on any atom is -0.466 e. The van der Waals surface area contributed by atoms with Gasteiger partial charge in [-0.2, -0.15) is 0 Å². The molecule has 23 heavy (non-hydrogen) atoms. The first kappa shape index (κ1) is 18.0. The fourth-order valence-corrected chi connectivity index (χ4v) is 2.76. The molecule has 126 valence electrons. The molecule has 6 nitrogen and oxygen atoms in total. The second kappa shape index (κ2) is 7.97. The Morgan fingerprint density at radius 2 is 2.09 bits per heavy atom. The third-order valence-corrected chi connectivity index (χ3v) is 3.98. The van der Waals surface area contributed by atoms with E-state index in [0.29, 0.717) is 5.02 Å².